The zero-order valence-electron chi connectivity index (χ0n) is 9.83. The van der Waals surface area contributed by atoms with Crippen LogP contribution in [0.5, 0.6) is 0 Å². The average Bonchev–Trinajstić information content (AvgIpc) is 2.89. The van der Waals surface area contributed by atoms with Gasteiger partial charge in [-0.15, -0.1) is 0 Å². The molecule has 19 heavy (non-hydrogen) atoms. The minimum atomic E-state index is -0.194. The Bertz CT molecular complexity index is 736. The van der Waals surface area contributed by atoms with Gasteiger partial charge in [0.25, 0.3) is 5.91 Å². The first-order valence-electron chi connectivity index (χ1n) is 5.62. The van der Waals surface area contributed by atoms with Gasteiger partial charge in [-0.3, -0.25) is 4.79 Å². The molecule has 0 spiro atoms. The molecule has 0 fully saturated rings. The molecule has 0 aliphatic rings. The van der Waals surface area contributed by atoms with E-state index in [1.165, 1.54) is 0 Å². The molecule has 0 saturated heterocycles. The summed E-state index contributed by atoms with van der Waals surface area (Å²) in [5.74, 6) is -0.194. The lowest BCUT2D eigenvalue weighted by molar-refractivity contribution is 0.102. The van der Waals surface area contributed by atoms with Crippen molar-refractivity contribution in [1.82, 2.24) is 8.75 Å². The van der Waals surface area contributed by atoms with Crippen LogP contribution in [0, 0.1) is 0 Å². The Morgan fingerprint density at radius 2 is 1.89 bits per heavy atom. The molecule has 0 atom stereocenters. The second-order valence-electron chi connectivity index (χ2n) is 4.01. The van der Waals surface area contributed by atoms with Crippen molar-refractivity contribution in [2.45, 2.75) is 0 Å². The zero-order valence-corrected chi connectivity index (χ0v) is 10.6. The molecule has 0 bridgehead atoms. The zero-order chi connectivity index (χ0) is 13.2. The van der Waals surface area contributed by atoms with Crippen molar-refractivity contribution >= 4 is 40.0 Å². The third kappa shape index (κ3) is 2.25. The van der Waals surface area contributed by atoms with Crippen molar-refractivity contribution in [2.75, 3.05) is 11.1 Å². The number of nitrogens with one attached hydrogen (secondary N) is 1. The molecule has 0 aliphatic carbocycles. The Balaban J connectivity index is 1.90. The highest BCUT2D eigenvalue weighted by molar-refractivity contribution is 7.00. The van der Waals surface area contributed by atoms with Gasteiger partial charge in [0, 0.05) is 11.3 Å². The van der Waals surface area contributed by atoms with E-state index in [1.54, 1.807) is 30.3 Å². The summed E-state index contributed by atoms with van der Waals surface area (Å²) in [6, 6.07) is 12.3. The number of aromatic nitrogens is 2. The lowest BCUT2D eigenvalue weighted by atomic mass is 10.2. The van der Waals surface area contributed by atoms with Gasteiger partial charge in [-0.2, -0.15) is 8.75 Å². The number of nitrogens with zero attached hydrogens (tertiary/aromatic N) is 2. The highest BCUT2D eigenvalue weighted by Gasteiger charge is 2.10. The van der Waals surface area contributed by atoms with Crippen molar-refractivity contribution in [1.29, 1.82) is 0 Å². The minimum absolute atomic E-state index is 0.194. The molecule has 0 radical (unpaired) electrons. The number of nitrogens with two attached hydrogens (primary N) is 1. The quantitative estimate of drug-likeness (QED) is 0.701. The molecule has 0 saturated carbocycles. The summed E-state index contributed by atoms with van der Waals surface area (Å²) < 4.78 is 8.31. The van der Waals surface area contributed by atoms with Crippen LogP contribution in [0.15, 0.2) is 42.5 Å². The summed E-state index contributed by atoms with van der Waals surface area (Å²) in [6.45, 7) is 0. The van der Waals surface area contributed by atoms with Gasteiger partial charge >= 0.3 is 0 Å². The van der Waals surface area contributed by atoms with Gasteiger partial charge in [0.05, 0.1) is 17.4 Å². The Kier molecular flexibility index (Phi) is 2.85. The maximum atomic E-state index is 12.1. The van der Waals surface area contributed by atoms with Gasteiger partial charge in [0.1, 0.15) is 11.0 Å². The predicted octanol–water partition coefficient (Wildman–Crippen LogP) is 2.53. The van der Waals surface area contributed by atoms with E-state index in [0.29, 0.717) is 22.5 Å². The molecule has 5 nitrogen and oxygen atoms in total. The van der Waals surface area contributed by atoms with Gasteiger partial charge in [0.15, 0.2) is 0 Å². The third-order valence-electron chi connectivity index (χ3n) is 2.71. The van der Waals surface area contributed by atoms with E-state index >= 15 is 0 Å². The molecular weight excluding hydrogens is 260 g/mol. The smallest absolute Gasteiger partial charge is 0.255 e. The van der Waals surface area contributed by atoms with Gasteiger partial charge in [-0.25, -0.2) is 0 Å². The molecule has 1 aromatic heterocycles. The van der Waals surface area contributed by atoms with Crippen molar-refractivity contribution in [3.8, 4) is 0 Å². The normalized spacial score (nSPS) is 10.5. The summed E-state index contributed by atoms with van der Waals surface area (Å²) >= 11 is 1.12. The van der Waals surface area contributed by atoms with Gasteiger partial charge in [-0.1, -0.05) is 6.07 Å². The van der Waals surface area contributed by atoms with Crippen molar-refractivity contribution in [3.05, 3.63) is 48.0 Å². The number of amides is 1. The van der Waals surface area contributed by atoms with Crippen LogP contribution in [0.3, 0.4) is 0 Å². The predicted molar refractivity (Wildman–Crippen MR) is 76.2 cm³/mol. The minimum Gasteiger partial charge on any atom is -0.399 e. The molecule has 1 heterocycles. The number of fused-ring (bicyclic) bond motifs is 1. The monoisotopic (exact) mass is 270 g/mol. The highest BCUT2D eigenvalue weighted by atomic mass is 32.1. The molecule has 0 aliphatic heterocycles. The summed E-state index contributed by atoms with van der Waals surface area (Å²) in [7, 11) is 0. The average molecular weight is 270 g/mol. The Morgan fingerprint density at radius 1 is 1.11 bits per heavy atom. The van der Waals surface area contributed by atoms with Gasteiger partial charge in [0.2, 0.25) is 0 Å². The lowest BCUT2D eigenvalue weighted by Crippen LogP contribution is -2.12. The van der Waals surface area contributed by atoms with Crippen LogP contribution in [0.2, 0.25) is 0 Å². The molecule has 0 unspecified atom stereocenters. The Labute approximate surface area is 113 Å². The summed E-state index contributed by atoms with van der Waals surface area (Å²) in [5.41, 5.74) is 8.91. The van der Waals surface area contributed by atoms with Crippen molar-refractivity contribution < 1.29 is 4.79 Å². The van der Waals surface area contributed by atoms with Crippen LogP contribution in [-0.4, -0.2) is 14.7 Å². The Hall–Kier alpha value is -2.47. The number of benzene rings is 2. The standard InChI is InChI=1S/C13H10N4OS/c14-9-6-4-8(5-7-9)13(18)15-10-2-1-3-11-12(10)17-19-16-11/h1-7H,14H2,(H,15,18). The van der Waals surface area contributed by atoms with E-state index in [1.807, 2.05) is 12.1 Å². The molecular formula is C13H10N4OS. The Morgan fingerprint density at radius 3 is 2.68 bits per heavy atom. The molecule has 3 N–H and O–H groups in total. The molecule has 3 rings (SSSR count). The highest BCUT2D eigenvalue weighted by Crippen LogP contribution is 2.21. The summed E-state index contributed by atoms with van der Waals surface area (Å²) in [5, 5.41) is 2.83. The first kappa shape index (κ1) is 11.6. The van der Waals surface area contributed by atoms with Crippen LogP contribution in [0.1, 0.15) is 10.4 Å². The first-order chi connectivity index (χ1) is 9.24. The maximum absolute atomic E-state index is 12.1. The molecule has 3 aromatic rings. The van der Waals surface area contributed by atoms with Crippen LogP contribution in [-0.2, 0) is 0 Å². The number of anilines is 2. The number of carbonyl (C=O) groups excluding carboxylic acids is 1. The fraction of sp³-hybridized carbons (Fsp3) is 0. The van der Waals surface area contributed by atoms with Crippen LogP contribution in [0.4, 0.5) is 11.4 Å². The van der Waals surface area contributed by atoms with Crippen molar-refractivity contribution in [3.63, 3.8) is 0 Å². The lowest BCUT2D eigenvalue weighted by Gasteiger charge is -2.05. The van der Waals surface area contributed by atoms with E-state index in [-0.39, 0.29) is 5.91 Å². The van der Waals surface area contributed by atoms with E-state index < -0.39 is 0 Å². The van der Waals surface area contributed by atoms with Gasteiger partial charge < -0.3 is 11.1 Å². The fourth-order valence-corrected chi connectivity index (χ4v) is 2.29. The molecule has 6 heteroatoms. The number of rotatable bonds is 2. The molecule has 94 valence electrons. The topological polar surface area (TPSA) is 80.9 Å². The van der Waals surface area contributed by atoms with E-state index in [9.17, 15) is 4.79 Å². The number of carbonyl (C=O) groups is 1. The van der Waals surface area contributed by atoms with E-state index in [4.69, 9.17) is 5.73 Å². The number of hydrogen-bond donors (Lipinski definition) is 2. The van der Waals surface area contributed by atoms with Crippen LogP contribution in [0.25, 0.3) is 11.0 Å². The number of hydrogen-bond acceptors (Lipinski definition) is 5. The summed E-state index contributed by atoms with van der Waals surface area (Å²) in [4.78, 5) is 12.1. The van der Waals surface area contributed by atoms with E-state index in [0.717, 1.165) is 17.2 Å². The second-order valence-corrected chi connectivity index (χ2v) is 4.54. The maximum Gasteiger partial charge on any atom is 0.255 e. The SMILES string of the molecule is Nc1ccc(C(=O)Nc2cccc3nsnc23)cc1. The third-order valence-corrected chi connectivity index (χ3v) is 3.25. The van der Waals surface area contributed by atoms with Crippen LogP contribution < -0.4 is 11.1 Å². The largest absolute Gasteiger partial charge is 0.399 e. The van der Waals surface area contributed by atoms with Gasteiger partial charge in [-0.05, 0) is 36.4 Å². The van der Waals surface area contributed by atoms with Crippen LogP contribution >= 0.6 is 11.7 Å². The summed E-state index contributed by atoms with van der Waals surface area (Å²) in [6.07, 6.45) is 0. The van der Waals surface area contributed by atoms with E-state index in [2.05, 4.69) is 14.1 Å². The number of nitrogen functional groups attached to an aromatic ring is 1. The second kappa shape index (κ2) is 4.66. The molecule has 2 aromatic carbocycles. The molecule has 1 amide bonds. The fourth-order valence-electron chi connectivity index (χ4n) is 1.74. The first-order valence-corrected chi connectivity index (χ1v) is 6.35. The van der Waals surface area contributed by atoms with Crippen molar-refractivity contribution in [2.24, 2.45) is 0 Å².